The highest BCUT2D eigenvalue weighted by Crippen LogP contribution is 2.35. The van der Waals surface area contributed by atoms with Crippen molar-refractivity contribution in [1.82, 2.24) is 10.3 Å². The summed E-state index contributed by atoms with van der Waals surface area (Å²) in [6.45, 7) is 0.00943. The monoisotopic (exact) mass is 664 g/mol. The first-order chi connectivity index (χ1) is 22.6. The van der Waals surface area contributed by atoms with E-state index >= 15 is 0 Å². The minimum absolute atomic E-state index is 0.0951. The Kier molecular flexibility index (Phi) is 10.6. The second-order valence-corrected chi connectivity index (χ2v) is 13.3. The summed E-state index contributed by atoms with van der Waals surface area (Å²) in [7, 11) is -0.264. The zero-order valence-corrected chi connectivity index (χ0v) is 26.6. The second-order valence-electron chi connectivity index (χ2n) is 11.1. The first-order valence-electron chi connectivity index (χ1n) is 14.9. The number of nitrogens with one attached hydrogen (secondary N) is 4. The first kappa shape index (κ1) is 33.6. The molecule has 0 saturated heterocycles. The van der Waals surface area contributed by atoms with Crippen LogP contribution in [0.5, 0.6) is 0 Å². The number of benzene rings is 3. The number of carbonyl (C=O) groups is 2. The molecule has 1 saturated carbocycles. The van der Waals surface area contributed by atoms with Gasteiger partial charge in [0.1, 0.15) is 19.5 Å². The molecule has 1 unspecified atom stereocenters. The molecular formula is C33H36N4O9S. The Morgan fingerprint density at radius 2 is 1.72 bits per heavy atom. The molecule has 14 heteroatoms. The highest BCUT2D eigenvalue weighted by molar-refractivity contribution is 7.92. The van der Waals surface area contributed by atoms with Gasteiger partial charge in [0.25, 0.3) is 5.56 Å². The van der Waals surface area contributed by atoms with Crippen molar-refractivity contribution in [3.05, 3.63) is 100.0 Å². The lowest BCUT2D eigenvalue weighted by Crippen LogP contribution is -2.22. The summed E-state index contributed by atoms with van der Waals surface area (Å²) >= 11 is 0. The van der Waals surface area contributed by atoms with Crippen molar-refractivity contribution < 1.29 is 37.3 Å². The zero-order chi connectivity index (χ0) is 33.6. The van der Waals surface area contributed by atoms with Crippen LogP contribution in [0.15, 0.2) is 82.6 Å². The molecule has 1 aliphatic carbocycles. The van der Waals surface area contributed by atoms with Crippen LogP contribution in [0.1, 0.15) is 41.7 Å². The molecule has 0 radical (unpaired) electrons. The van der Waals surface area contributed by atoms with E-state index in [1.165, 1.54) is 19.2 Å². The Bertz CT molecular complexity index is 1910. The molecule has 0 aliphatic heterocycles. The van der Waals surface area contributed by atoms with Gasteiger partial charge in [-0.3, -0.25) is 10.1 Å². The van der Waals surface area contributed by atoms with E-state index in [-0.39, 0.29) is 29.1 Å². The van der Waals surface area contributed by atoms with Gasteiger partial charge in [0.2, 0.25) is 0 Å². The number of carbonyl (C=O) groups excluding carboxylic acids is 1. The maximum absolute atomic E-state index is 12.8. The van der Waals surface area contributed by atoms with Gasteiger partial charge in [0.15, 0.2) is 15.9 Å². The Morgan fingerprint density at radius 1 is 1.00 bits per heavy atom. The smallest absolute Gasteiger partial charge is 0.411 e. The Labute approximate surface area is 271 Å². The van der Waals surface area contributed by atoms with Crippen LogP contribution in [0.25, 0.3) is 10.8 Å². The number of fused-ring (bicyclic) bond motifs is 1. The SMILES string of the molecule is CNCc1cc(NC(=O)OC[C@H](OCOC)c2ccc(C(Nc3ccc4cc[nH]c(=O)c4c3)C(=O)O)cc2)ccc1S(=O)(=O)C1CC1. The van der Waals surface area contributed by atoms with Gasteiger partial charge in [-0.05, 0) is 78.4 Å². The van der Waals surface area contributed by atoms with Crippen molar-refractivity contribution in [3.63, 3.8) is 0 Å². The van der Waals surface area contributed by atoms with Crippen molar-refractivity contribution in [2.45, 2.75) is 41.7 Å². The predicted octanol–water partition coefficient (Wildman–Crippen LogP) is 4.33. The molecule has 13 nitrogen and oxygen atoms in total. The van der Waals surface area contributed by atoms with Crippen LogP contribution in [0, 0.1) is 0 Å². The van der Waals surface area contributed by atoms with Gasteiger partial charge in [-0.15, -0.1) is 0 Å². The molecule has 1 heterocycles. The van der Waals surface area contributed by atoms with Gasteiger partial charge in [0, 0.05) is 36.6 Å². The fourth-order valence-electron chi connectivity index (χ4n) is 5.15. The quantitative estimate of drug-likeness (QED) is 0.114. The van der Waals surface area contributed by atoms with Crippen molar-refractivity contribution in [2.75, 3.05) is 38.2 Å². The van der Waals surface area contributed by atoms with E-state index in [2.05, 4.69) is 20.9 Å². The fraction of sp³-hybridized carbons (Fsp3) is 0.303. The number of methoxy groups -OCH3 is 1. The molecule has 1 amide bonds. The van der Waals surface area contributed by atoms with Crippen LogP contribution in [0.2, 0.25) is 0 Å². The van der Waals surface area contributed by atoms with Crippen LogP contribution >= 0.6 is 0 Å². The number of aliphatic carboxylic acids is 1. The molecule has 1 fully saturated rings. The van der Waals surface area contributed by atoms with Gasteiger partial charge in [-0.1, -0.05) is 30.3 Å². The number of H-pyrrole nitrogens is 1. The molecule has 0 bridgehead atoms. The Hall–Kier alpha value is -4.76. The van der Waals surface area contributed by atoms with Crippen LogP contribution in [-0.2, 0) is 35.4 Å². The van der Waals surface area contributed by atoms with E-state index < -0.39 is 34.0 Å². The number of aromatic amines is 1. The van der Waals surface area contributed by atoms with Crippen molar-refractivity contribution in [1.29, 1.82) is 0 Å². The molecule has 5 N–H and O–H groups in total. The zero-order valence-electron chi connectivity index (χ0n) is 25.8. The molecular weight excluding hydrogens is 628 g/mol. The van der Waals surface area contributed by atoms with E-state index in [4.69, 9.17) is 14.2 Å². The molecule has 0 spiro atoms. The normalized spacial score (nSPS) is 14.3. The van der Waals surface area contributed by atoms with Crippen LogP contribution < -0.4 is 21.5 Å². The van der Waals surface area contributed by atoms with Crippen LogP contribution in [-0.4, -0.2) is 63.4 Å². The van der Waals surface area contributed by atoms with Crippen molar-refractivity contribution in [2.24, 2.45) is 0 Å². The van der Waals surface area contributed by atoms with Gasteiger partial charge in [-0.25, -0.2) is 18.0 Å². The number of hydrogen-bond acceptors (Lipinski definition) is 10. The fourth-order valence-corrected chi connectivity index (χ4v) is 7.02. The van der Waals surface area contributed by atoms with E-state index in [0.29, 0.717) is 52.8 Å². The number of sulfone groups is 1. The lowest BCUT2D eigenvalue weighted by molar-refractivity contribution is -0.138. The largest absolute Gasteiger partial charge is 0.479 e. The van der Waals surface area contributed by atoms with Crippen LogP contribution in [0.3, 0.4) is 0 Å². The highest BCUT2D eigenvalue weighted by atomic mass is 32.2. The molecule has 5 rings (SSSR count). The third-order valence-corrected chi connectivity index (χ3v) is 10.0. The van der Waals surface area contributed by atoms with Gasteiger partial charge < -0.3 is 34.9 Å². The molecule has 2 atom stereocenters. The summed E-state index contributed by atoms with van der Waals surface area (Å²) in [5.41, 5.74) is 2.14. The van der Waals surface area contributed by atoms with Crippen molar-refractivity contribution in [3.8, 4) is 0 Å². The minimum atomic E-state index is -3.43. The summed E-state index contributed by atoms with van der Waals surface area (Å²) in [4.78, 5) is 40.0. The van der Waals surface area contributed by atoms with E-state index in [0.717, 1.165) is 5.39 Å². The van der Waals surface area contributed by atoms with Gasteiger partial charge >= 0.3 is 12.1 Å². The van der Waals surface area contributed by atoms with E-state index in [1.54, 1.807) is 67.8 Å². The van der Waals surface area contributed by atoms with Crippen molar-refractivity contribution >= 4 is 44.0 Å². The van der Waals surface area contributed by atoms with Gasteiger partial charge in [0.05, 0.1) is 10.1 Å². The molecule has 1 aliphatic rings. The molecule has 47 heavy (non-hydrogen) atoms. The van der Waals surface area contributed by atoms with Gasteiger partial charge in [-0.2, -0.15) is 0 Å². The maximum atomic E-state index is 12.8. The third-order valence-electron chi connectivity index (χ3n) is 7.67. The number of rotatable bonds is 15. The maximum Gasteiger partial charge on any atom is 0.411 e. The summed E-state index contributed by atoms with van der Waals surface area (Å²) in [6, 6.07) is 16.9. The lowest BCUT2D eigenvalue weighted by Gasteiger charge is -2.20. The molecule has 4 aromatic rings. The standard InChI is InChI=1S/C33H36N4O9S/c1-34-17-23-15-24(9-12-29(23)47(42,43)26-10-11-26)37-33(41)45-18-28(46-19-44-2)21-3-5-22(6-4-21)30(32(39)40)36-25-8-7-20-13-14-35-31(38)27(20)16-25/h3-9,12-16,26,28,30,34,36H,10-11,17-19H2,1-2H3,(H,35,38)(H,37,41)(H,39,40)/t28-,30?/m0/s1. The molecule has 1 aromatic heterocycles. The first-order valence-corrected chi connectivity index (χ1v) is 16.4. The number of ether oxygens (including phenoxy) is 3. The predicted molar refractivity (Wildman–Crippen MR) is 175 cm³/mol. The second kappa shape index (κ2) is 14.8. The number of carboxylic acid groups (broad SMARTS) is 1. The minimum Gasteiger partial charge on any atom is -0.479 e. The summed E-state index contributed by atoms with van der Waals surface area (Å²) < 4.78 is 41.9. The Balaban J connectivity index is 1.26. The number of anilines is 2. The average molecular weight is 665 g/mol. The average Bonchev–Trinajstić information content (AvgIpc) is 3.91. The Morgan fingerprint density at radius 3 is 2.40 bits per heavy atom. The number of amides is 1. The molecule has 3 aromatic carbocycles. The number of aromatic nitrogens is 1. The number of hydrogen-bond donors (Lipinski definition) is 5. The van der Waals surface area contributed by atoms with Crippen LogP contribution in [0.4, 0.5) is 16.2 Å². The van der Waals surface area contributed by atoms with E-state index in [1.807, 2.05) is 0 Å². The highest BCUT2D eigenvalue weighted by Gasteiger charge is 2.38. The summed E-state index contributed by atoms with van der Waals surface area (Å²) in [5, 5.41) is 19.3. The van der Waals surface area contributed by atoms with E-state index in [9.17, 15) is 27.9 Å². The lowest BCUT2D eigenvalue weighted by atomic mass is 10.0. The summed E-state index contributed by atoms with van der Waals surface area (Å²) in [5.74, 6) is -1.12. The molecule has 248 valence electrons. The third kappa shape index (κ3) is 8.16. The topological polar surface area (TPSA) is 185 Å². The number of carboxylic acids is 1. The summed E-state index contributed by atoms with van der Waals surface area (Å²) in [6.07, 6.45) is 1.32. The number of pyridine rings is 1.